The quantitative estimate of drug-likeness (QED) is 0.845. The number of hydrogen-bond acceptors (Lipinski definition) is 1. The van der Waals surface area contributed by atoms with Crippen LogP contribution in [0, 0.1) is 18.8 Å². The molecule has 22 heavy (non-hydrogen) atoms. The second-order valence-electron chi connectivity index (χ2n) is 7.23. The molecule has 0 bridgehead atoms. The van der Waals surface area contributed by atoms with Crippen molar-refractivity contribution >= 4 is 10.9 Å². The molecule has 0 atom stereocenters. The van der Waals surface area contributed by atoms with Crippen LogP contribution < -0.4 is 10.3 Å². The fourth-order valence-corrected chi connectivity index (χ4v) is 3.25. The van der Waals surface area contributed by atoms with Crippen LogP contribution in [0.15, 0.2) is 29.1 Å². The number of fused-ring (bicyclic) bond motifs is 1. The second kappa shape index (κ2) is 7.10. The molecule has 0 aliphatic rings. The zero-order chi connectivity index (χ0) is 16.3. The Morgan fingerprint density at radius 2 is 1.64 bits per heavy atom. The van der Waals surface area contributed by atoms with Gasteiger partial charge in [-0.15, -0.1) is 0 Å². The summed E-state index contributed by atoms with van der Waals surface area (Å²) in [5.74, 6) is 1.27. The summed E-state index contributed by atoms with van der Waals surface area (Å²) < 4.78 is 0. The third-order valence-corrected chi connectivity index (χ3v) is 4.04. The van der Waals surface area contributed by atoms with Crippen LogP contribution in [0.2, 0.25) is 0 Å². The van der Waals surface area contributed by atoms with Gasteiger partial charge in [0, 0.05) is 28.4 Å². The Morgan fingerprint density at radius 3 is 2.23 bits per heavy atom. The minimum atomic E-state index is 0.192. The first-order valence-corrected chi connectivity index (χ1v) is 8.32. The molecule has 2 aromatic rings. The minimum Gasteiger partial charge on any atom is -0.358 e. The molecule has 0 aliphatic heterocycles. The first kappa shape index (κ1) is 16.8. The van der Waals surface area contributed by atoms with E-state index < -0.39 is 0 Å². The van der Waals surface area contributed by atoms with Crippen molar-refractivity contribution in [2.24, 2.45) is 11.8 Å². The van der Waals surface area contributed by atoms with Crippen molar-refractivity contribution < 1.29 is 4.90 Å². The molecule has 0 spiro atoms. The van der Waals surface area contributed by atoms with Gasteiger partial charge in [-0.3, -0.25) is 4.79 Å². The van der Waals surface area contributed by atoms with E-state index in [1.165, 1.54) is 4.90 Å². The molecule has 1 aromatic carbocycles. The lowest BCUT2D eigenvalue weighted by Gasteiger charge is -2.23. The SMILES string of the molecule is Cc1[nH]c2ccccc2c(=O)c1C[NH+](CC(C)C)CC(C)C. The van der Waals surface area contributed by atoms with Gasteiger partial charge in [0.25, 0.3) is 0 Å². The van der Waals surface area contributed by atoms with Gasteiger partial charge in [0.15, 0.2) is 5.43 Å². The summed E-state index contributed by atoms with van der Waals surface area (Å²) in [6.45, 7) is 14.0. The number of rotatable bonds is 6. The van der Waals surface area contributed by atoms with E-state index in [4.69, 9.17) is 0 Å². The van der Waals surface area contributed by atoms with E-state index in [-0.39, 0.29) is 5.43 Å². The summed E-state index contributed by atoms with van der Waals surface area (Å²) in [6, 6.07) is 7.79. The molecule has 0 radical (unpaired) electrons. The first-order valence-electron chi connectivity index (χ1n) is 8.32. The van der Waals surface area contributed by atoms with E-state index in [0.29, 0.717) is 11.8 Å². The number of aryl methyl sites for hydroxylation is 1. The smallest absolute Gasteiger partial charge is 0.198 e. The number of quaternary nitrogens is 1. The van der Waals surface area contributed by atoms with Crippen LogP contribution in [-0.2, 0) is 6.54 Å². The maximum atomic E-state index is 12.8. The number of nitrogens with one attached hydrogen (secondary N) is 2. The summed E-state index contributed by atoms with van der Waals surface area (Å²) in [5.41, 5.74) is 3.07. The summed E-state index contributed by atoms with van der Waals surface area (Å²) in [6.07, 6.45) is 0. The van der Waals surface area contributed by atoms with E-state index in [1.807, 2.05) is 31.2 Å². The number of H-pyrrole nitrogens is 1. The Labute approximate surface area is 133 Å². The number of hydrogen-bond donors (Lipinski definition) is 2. The lowest BCUT2D eigenvalue weighted by molar-refractivity contribution is -0.919. The highest BCUT2D eigenvalue weighted by molar-refractivity contribution is 5.79. The normalized spacial score (nSPS) is 12.0. The number of aromatic amines is 1. The van der Waals surface area contributed by atoms with E-state index in [1.54, 1.807) is 0 Å². The van der Waals surface area contributed by atoms with Crippen LogP contribution in [-0.4, -0.2) is 18.1 Å². The Bertz CT molecular complexity index is 675. The topological polar surface area (TPSA) is 37.3 Å². The van der Waals surface area contributed by atoms with Crippen LogP contribution in [0.3, 0.4) is 0 Å². The Balaban J connectivity index is 2.38. The molecule has 1 aromatic heterocycles. The molecule has 0 saturated carbocycles. The summed E-state index contributed by atoms with van der Waals surface area (Å²) in [5, 5.41) is 0.802. The molecular weight excluding hydrogens is 272 g/mol. The van der Waals surface area contributed by atoms with Gasteiger partial charge in [0.1, 0.15) is 6.54 Å². The average Bonchev–Trinajstić information content (AvgIpc) is 2.42. The van der Waals surface area contributed by atoms with Crippen molar-refractivity contribution in [3.8, 4) is 0 Å². The molecule has 1 heterocycles. The lowest BCUT2D eigenvalue weighted by atomic mass is 10.1. The molecule has 3 heteroatoms. The van der Waals surface area contributed by atoms with Crippen molar-refractivity contribution in [3.63, 3.8) is 0 Å². The van der Waals surface area contributed by atoms with Crippen LogP contribution in [0.4, 0.5) is 0 Å². The third kappa shape index (κ3) is 3.98. The Kier molecular flexibility index (Phi) is 5.41. The van der Waals surface area contributed by atoms with Crippen molar-refractivity contribution in [1.29, 1.82) is 0 Å². The summed E-state index contributed by atoms with van der Waals surface area (Å²) >= 11 is 0. The van der Waals surface area contributed by atoms with Crippen molar-refractivity contribution in [1.82, 2.24) is 4.98 Å². The summed E-state index contributed by atoms with van der Waals surface area (Å²) in [4.78, 5) is 17.7. The minimum absolute atomic E-state index is 0.192. The van der Waals surface area contributed by atoms with E-state index in [0.717, 1.165) is 41.8 Å². The van der Waals surface area contributed by atoms with Gasteiger partial charge in [-0.1, -0.05) is 39.8 Å². The number of aromatic nitrogens is 1. The molecule has 0 fully saturated rings. The van der Waals surface area contributed by atoms with Gasteiger partial charge in [0.2, 0.25) is 0 Å². The van der Waals surface area contributed by atoms with E-state index in [9.17, 15) is 4.79 Å². The number of benzene rings is 1. The third-order valence-electron chi connectivity index (χ3n) is 4.04. The van der Waals surface area contributed by atoms with Gasteiger partial charge >= 0.3 is 0 Å². The van der Waals surface area contributed by atoms with Crippen LogP contribution in [0.25, 0.3) is 10.9 Å². The lowest BCUT2D eigenvalue weighted by Crippen LogP contribution is -3.12. The summed E-state index contributed by atoms with van der Waals surface area (Å²) in [7, 11) is 0. The van der Waals surface area contributed by atoms with Crippen molar-refractivity contribution in [2.45, 2.75) is 41.2 Å². The molecule has 2 rings (SSSR count). The molecule has 3 nitrogen and oxygen atoms in total. The fourth-order valence-electron chi connectivity index (χ4n) is 3.25. The first-order chi connectivity index (χ1) is 10.4. The van der Waals surface area contributed by atoms with E-state index >= 15 is 0 Å². The largest absolute Gasteiger partial charge is 0.358 e. The van der Waals surface area contributed by atoms with Gasteiger partial charge in [0.05, 0.1) is 18.7 Å². The predicted molar refractivity (Wildman–Crippen MR) is 93.4 cm³/mol. The molecule has 0 saturated heterocycles. The van der Waals surface area contributed by atoms with Crippen molar-refractivity contribution in [3.05, 3.63) is 45.7 Å². The molecule has 0 unspecified atom stereocenters. The van der Waals surface area contributed by atoms with Gasteiger partial charge < -0.3 is 9.88 Å². The molecule has 2 N–H and O–H groups in total. The van der Waals surface area contributed by atoms with Crippen LogP contribution in [0.1, 0.15) is 39.0 Å². The van der Waals surface area contributed by atoms with Gasteiger partial charge in [-0.25, -0.2) is 0 Å². The monoisotopic (exact) mass is 301 g/mol. The highest BCUT2D eigenvalue weighted by atomic mass is 16.1. The van der Waals surface area contributed by atoms with Crippen LogP contribution in [0.5, 0.6) is 0 Å². The fraction of sp³-hybridized carbons (Fsp3) is 0.526. The maximum absolute atomic E-state index is 12.8. The highest BCUT2D eigenvalue weighted by Gasteiger charge is 2.18. The second-order valence-corrected chi connectivity index (χ2v) is 7.23. The molecule has 120 valence electrons. The van der Waals surface area contributed by atoms with Gasteiger partial charge in [-0.2, -0.15) is 0 Å². The maximum Gasteiger partial charge on any atom is 0.198 e. The Morgan fingerprint density at radius 1 is 1.05 bits per heavy atom. The molecule has 0 amide bonds. The average molecular weight is 301 g/mol. The number of pyridine rings is 1. The zero-order valence-corrected chi connectivity index (χ0v) is 14.5. The number of para-hydroxylation sites is 1. The predicted octanol–water partition coefficient (Wildman–Crippen LogP) is 2.53. The Hall–Kier alpha value is -1.61. The highest BCUT2D eigenvalue weighted by Crippen LogP contribution is 2.10. The standard InChI is InChI=1S/C19H28N2O/c1-13(2)10-21(11-14(3)4)12-17-15(5)20-18-9-7-6-8-16(18)19(17)22/h6-9,13-14H,10-12H2,1-5H3,(H,20,22)/p+1. The molecule has 0 aliphatic carbocycles. The van der Waals surface area contributed by atoms with Crippen molar-refractivity contribution in [2.75, 3.05) is 13.1 Å². The van der Waals surface area contributed by atoms with Crippen LogP contribution >= 0.6 is 0 Å². The van der Waals surface area contributed by atoms with E-state index in [2.05, 4.69) is 32.7 Å². The molecular formula is C19H29N2O+. The zero-order valence-electron chi connectivity index (χ0n) is 14.5. The van der Waals surface area contributed by atoms with Gasteiger partial charge in [-0.05, 0) is 19.1 Å².